The maximum atomic E-state index is 13.2. The molecular formula is C22H23F3N4O. The molecule has 5 rings (SSSR count). The minimum atomic E-state index is -4.44. The van der Waals surface area contributed by atoms with Gasteiger partial charge in [0.25, 0.3) is 0 Å². The summed E-state index contributed by atoms with van der Waals surface area (Å²) in [6.45, 7) is 4.44. The Morgan fingerprint density at radius 1 is 1.13 bits per heavy atom. The maximum Gasteiger partial charge on any atom is 0.433 e. The average Bonchev–Trinajstić information content (AvgIpc) is 3.45. The van der Waals surface area contributed by atoms with E-state index in [-0.39, 0.29) is 11.8 Å². The van der Waals surface area contributed by atoms with Gasteiger partial charge in [-0.15, -0.1) is 0 Å². The number of nitrogens with zero attached hydrogens (tertiary/aromatic N) is 4. The molecule has 0 N–H and O–H groups in total. The van der Waals surface area contributed by atoms with E-state index in [0.29, 0.717) is 38.3 Å². The molecular weight excluding hydrogens is 393 g/mol. The van der Waals surface area contributed by atoms with Crippen LogP contribution in [0.5, 0.6) is 0 Å². The summed E-state index contributed by atoms with van der Waals surface area (Å²) >= 11 is 0. The van der Waals surface area contributed by atoms with Gasteiger partial charge < -0.3 is 9.80 Å². The number of alkyl halides is 3. The lowest BCUT2D eigenvalue weighted by atomic mass is 10.0. The highest BCUT2D eigenvalue weighted by Crippen LogP contribution is 2.36. The highest BCUT2D eigenvalue weighted by molar-refractivity contribution is 5.81. The van der Waals surface area contributed by atoms with Crippen LogP contribution in [0.3, 0.4) is 0 Å². The molecule has 0 spiro atoms. The van der Waals surface area contributed by atoms with Crippen molar-refractivity contribution in [3.8, 4) is 0 Å². The van der Waals surface area contributed by atoms with Crippen LogP contribution in [-0.2, 0) is 36.9 Å². The van der Waals surface area contributed by atoms with Gasteiger partial charge in [-0.3, -0.25) is 9.78 Å². The molecule has 1 amide bonds. The summed E-state index contributed by atoms with van der Waals surface area (Å²) in [5.41, 5.74) is 5.79. The molecule has 2 aliphatic heterocycles. The molecule has 1 saturated heterocycles. The van der Waals surface area contributed by atoms with Crippen LogP contribution in [0.2, 0.25) is 0 Å². The molecule has 0 unspecified atom stereocenters. The van der Waals surface area contributed by atoms with Gasteiger partial charge >= 0.3 is 6.18 Å². The summed E-state index contributed by atoms with van der Waals surface area (Å²) in [4.78, 5) is 25.4. The third-order valence-electron chi connectivity index (χ3n) is 6.61. The Morgan fingerprint density at radius 2 is 1.93 bits per heavy atom. The van der Waals surface area contributed by atoms with Crippen LogP contribution in [0.4, 0.5) is 18.9 Å². The zero-order valence-corrected chi connectivity index (χ0v) is 16.8. The van der Waals surface area contributed by atoms with Crippen LogP contribution in [0.15, 0.2) is 18.3 Å². The summed E-state index contributed by atoms with van der Waals surface area (Å²) in [6.07, 6.45) is 0.702. The number of pyridine rings is 2. The monoisotopic (exact) mass is 416 g/mol. The third-order valence-corrected chi connectivity index (χ3v) is 6.61. The molecule has 158 valence electrons. The van der Waals surface area contributed by atoms with E-state index >= 15 is 0 Å². The van der Waals surface area contributed by atoms with Crippen molar-refractivity contribution < 1.29 is 18.0 Å². The first-order chi connectivity index (χ1) is 14.3. The first kappa shape index (κ1) is 19.3. The van der Waals surface area contributed by atoms with E-state index < -0.39 is 11.9 Å². The number of carbonyl (C=O) groups excluding carboxylic acids is 1. The second kappa shape index (κ2) is 6.96. The number of rotatable bonds is 2. The Morgan fingerprint density at radius 3 is 2.67 bits per heavy atom. The van der Waals surface area contributed by atoms with E-state index in [1.54, 1.807) is 0 Å². The number of anilines is 1. The summed E-state index contributed by atoms with van der Waals surface area (Å²) < 4.78 is 38.2. The predicted octanol–water partition coefficient (Wildman–Crippen LogP) is 3.66. The first-order valence-electron chi connectivity index (χ1n) is 10.4. The molecule has 0 aromatic carbocycles. The maximum absolute atomic E-state index is 13.2. The standard InChI is InChI=1S/C22H23F3N4O/c1-13-17-11-29(12-18(17)16-3-2-4-19(16)27-13)21(30)14-7-8-28(10-14)15-5-6-20(26-9-15)22(23,24)25/h5-6,9,14H,2-4,7-8,10-12H2,1H3/t14-/m1/s1. The molecule has 5 nitrogen and oxygen atoms in total. The lowest BCUT2D eigenvalue weighted by Gasteiger charge is -2.22. The second-order valence-electron chi connectivity index (χ2n) is 8.46. The van der Waals surface area contributed by atoms with Crippen LogP contribution >= 0.6 is 0 Å². The van der Waals surface area contributed by atoms with Gasteiger partial charge in [0.1, 0.15) is 5.69 Å². The molecule has 1 atom stereocenters. The zero-order chi connectivity index (χ0) is 21.0. The van der Waals surface area contributed by atoms with Crippen molar-refractivity contribution in [3.63, 3.8) is 0 Å². The average molecular weight is 416 g/mol. The topological polar surface area (TPSA) is 49.3 Å². The number of aromatic nitrogens is 2. The number of amides is 1. The fourth-order valence-electron chi connectivity index (χ4n) is 5.04. The third kappa shape index (κ3) is 3.22. The Kier molecular flexibility index (Phi) is 4.48. The van der Waals surface area contributed by atoms with Gasteiger partial charge in [0.2, 0.25) is 5.91 Å². The van der Waals surface area contributed by atoms with Crippen LogP contribution in [0.1, 0.15) is 46.6 Å². The molecule has 0 bridgehead atoms. The molecule has 8 heteroatoms. The van der Waals surface area contributed by atoms with E-state index in [2.05, 4.69) is 4.98 Å². The number of fused-ring (bicyclic) bond motifs is 3. The fourth-order valence-corrected chi connectivity index (χ4v) is 5.04. The molecule has 30 heavy (non-hydrogen) atoms. The number of aryl methyl sites for hydroxylation is 2. The van der Waals surface area contributed by atoms with Crippen molar-refractivity contribution in [2.24, 2.45) is 5.92 Å². The zero-order valence-electron chi connectivity index (χ0n) is 16.8. The normalized spacial score (nSPS) is 20.6. The van der Waals surface area contributed by atoms with Gasteiger partial charge in [0, 0.05) is 37.6 Å². The quantitative estimate of drug-likeness (QED) is 0.750. The summed E-state index contributed by atoms with van der Waals surface area (Å²) in [5.74, 6) is -0.0253. The van der Waals surface area contributed by atoms with E-state index in [9.17, 15) is 18.0 Å². The molecule has 0 saturated carbocycles. The van der Waals surface area contributed by atoms with Crippen molar-refractivity contribution in [3.05, 3.63) is 52.1 Å². The number of carbonyl (C=O) groups is 1. The Labute approximate surface area is 172 Å². The van der Waals surface area contributed by atoms with Crippen molar-refractivity contribution >= 4 is 11.6 Å². The highest BCUT2D eigenvalue weighted by atomic mass is 19.4. The van der Waals surface area contributed by atoms with Crippen LogP contribution < -0.4 is 4.90 Å². The molecule has 2 aromatic heterocycles. The van der Waals surface area contributed by atoms with Crippen LogP contribution in [0.25, 0.3) is 0 Å². The minimum absolute atomic E-state index is 0.125. The SMILES string of the molecule is Cc1nc2c(c3c1CN(C(=O)[C@@H]1CCN(c4ccc(C(F)(F)F)nc4)C1)C3)CCC2. The predicted molar refractivity (Wildman–Crippen MR) is 105 cm³/mol. The van der Waals surface area contributed by atoms with E-state index in [1.165, 1.54) is 34.6 Å². The van der Waals surface area contributed by atoms with Crippen molar-refractivity contribution in [1.29, 1.82) is 0 Å². The Bertz CT molecular complexity index is 1000. The van der Waals surface area contributed by atoms with Crippen molar-refractivity contribution in [1.82, 2.24) is 14.9 Å². The van der Waals surface area contributed by atoms with Gasteiger partial charge in [0.15, 0.2) is 0 Å². The van der Waals surface area contributed by atoms with Gasteiger partial charge in [-0.25, -0.2) is 4.98 Å². The molecule has 3 aliphatic rings. The summed E-state index contributed by atoms with van der Waals surface area (Å²) in [7, 11) is 0. The van der Waals surface area contributed by atoms with Gasteiger partial charge in [-0.05, 0) is 61.4 Å². The summed E-state index contributed by atoms with van der Waals surface area (Å²) in [5, 5.41) is 0. The Balaban J connectivity index is 1.28. The highest BCUT2D eigenvalue weighted by Gasteiger charge is 2.37. The summed E-state index contributed by atoms with van der Waals surface area (Å²) in [6, 6.07) is 2.44. The molecule has 1 fully saturated rings. The molecule has 1 aliphatic carbocycles. The van der Waals surface area contributed by atoms with E-state index in [4.69, 9.17) is 4.98 Å². The lowest BCUT2D eigenvalue weighted by molar-refractivity contribution is -0.141. The molecule has 4 heterocycles. The minimum Gasteiger partial charge on any atom is -0.369 e. The molecule has 0 radical (unpaired) electrons. The number of hydrogen-bond donors (Lipinski definition) is 0. The largest absolute Gasteiger partial charge is 0.433 e. The lowest BCUT2D eigenvalue weighted by Crippen LogP contribution is -2.34. The molecule has 2 aromatic rings. The van der Waals surface area contributed by atoms with Crippen LogP contribution in [-0.4, -0.2) is 33.9 Å². The van der Waals surface area contributed by atoms with Gasteiger partial charge in [0.05, 0.1) is 17.8 Å². The first-order valence-corrected chi connectivity index (χ1v) is 10.4. The van der Waals surface area contributed by atoms with Crippen LogP contribution in [0, 0.1) is 12.8 Å². The van der Waals surface area contributed by atoms with E-state index in [1.807, 2.05) is 16.7 Å². The Hall–Kier alpha value is -2.64. The van der Waals surface area contributed by atoms with E-state index in [0.717, 1.165) is 31.0 Å². The van der Waals surface area contributed by atoms with Gasteiger partial charge in [-0.1, -0.05) is 0 Å². The van der Waals surface area contributed by atoms with Crippen molar-refractivity contribution in [2.75, 3.05) is 18.0 Å². The second-order valence-corrected chi connectivity index (χ2v) is 8.46. The van der Waals surface area contributed by atoms with Crippen molar-refractivity contribution in [2.45, 2.75) is 51.9 Å². The number of halogens is 3. The van der Waals surface area contributed by atoms with Gasteiger partial charge in [-0.2, -0.15) is 13.2 Å². The number of hydrogen-bond acceptors (Lipinski definition) is 4. The smallest absolute Gasteiger partial charge is 0.369 e. The fraction of sp³-hybridized carbons (Fsp3) is 0.500.